The zero-order valence-electron chi connectivity index (χ0n) is 9.27. The van der Waals surface area contributed by atoms with Gasteiger partial charge in [-0.05, 0) is 36.9 Å². The molecule has 2 aromatic rings. The second-order valence-electron chi connectivity index (χ2n) is 3.97. The van der Waals surface area contributed by atoms with Crippen molar-refractivity contribution in [1.82, 2.24) is 4.98 Å². The third-order valence-corrected chi connectivity index (χ3v) is 3.91. The number of pyridine rings is 1. The van der Waals surface area contributed by atoms with Crippen molar-refractivity contribution in [3.05, 3.63) is 45.9 Å². The van der Waals surface area contributed by atoms with Crippen LogP contribution in [0.2, 0.25) is 0 Å². The number of aryl methyl sites for hydroxylation is 1. The Kier molecular flexibility index (Phi) is 2.69. The molecule has 2 aromatic heterocycles. The van der Waals surface area contributed by atoms with Gasteiger partial charge in [-0.3, -0.25) is 4.98 Å². The van der Waals surface area contributed by atoms with Crippen LogP contribution in [0.4, 0.5) is 5.69 Å². The molecule has 2 rings (SSSR count). The maximum atomic E-state index is 10.6. The molecule has 1 unspecified atom stereocenters. The molecular weight excluding hydrogens is 220 g/mol. The van der Waals surface area contributed by atoms with E-state index in [4.69, 9.17) is 5.73 Å². The number of hydrogen-bond acceptors (Lipinski definition) is 4. The lowest BCUT2D eigenvalue weighted by Gasteiger charge is -2.24. The van der Waals surface area contributed by atoms with Crippen molar-refractivity contribution in [3.63, 3.8) is 0 Å². The third-order valence-electron chi connectivity index (χ3n) is 2.68. The van der Waals surface area contributed by atoms with Crippen molar-refractivity contribution < 1.29 is 5.11 Å². The standard InChI is InChI=1S/C12H14N2OS/c1-8-4-6-16-11(8)12(2,15)9-7-14-5-3-10(9)13/h3-7,15H,1-2H3,(H2,13,14). The molecule has 4 heteroatoms. The van der Waals surface area contributed by atoms with E-state index < -0.39 is 5.60 Å². The van der Waals surface area contributed by atoms with Gasteiger partial charge in [0.15, 0.2) is 0 Å². The molecule has 0 amide bonds. The van der Waals surface area contributed by atoms with E-state index in [2.05, 4.69) is 4.98 Å². The first-order chi connectivity index (χ1) is 7.53. The van der Waals surface area contributed by atoms with E-state index in [0.717, 1.165) is 10.4 Å². The average Bonchev–Trinajstić information content (AvgIpc) is 2.65. The number of aromatic nitrogens is 1. The summed E-state index contributed by atoms with van der Waals surface area (Å²) < 4.78 is 0. The molecule has 0 saturated carbocycles. The summed E-state index contributed by atoms with van der Waals surface area (Å²) in [4.78, 5) is 4.93. The Balaban J connectivity index is 2.55. The lowest BCUT2D eigenvalue weighted by molar-refractivity contribution is 0.106. The molecule has 2 heterocycles. The van der Waals surface area contributed by atoms with Gasteiger partial charge in [0.1, 0.15) is 5.60 Å². The fraction of sp³-hybridized carbons (Fsp3) is 0.250. The third kappa shape index (κ3) is 1.70. The lowest BCUT2D eigenvalue weighted by atomic mass is 9.92. The summed E-state index contributed by atoms with van der Waals surface area (Å²) in [7, 11) is 0. The Morgan fingerprint density at radius 1 is 1.44 bits per heavy atom. The van der Waals surface area contributed by atoms with Crippen LogP contribution in [0.15, 0.2) is 29.9 Å². The molecule has 84 valence electrons. The van der Waals surface area contributed by atoms with Crippen LogP contribution in [0, 0.1) is 6.92 Å². The number of hydrogen-bond donors (Lipinski definition) is 2. The predicted octanol–water partition coefficient (Wildman–Crippen LogP) is 2.29. The van der Waals surface area contributed by atoms with Gasteiger partial charge in [0.05, 0.1) is 0 Å². The van der Waals surface area contributed by atoms with Gasteiger partial charge in [0, 0.05) is 28.5 Å². The molecule has 0 aliphatic heterocycles. The fourth-order valence-electron chi connectivity index (χ4n) is 1.81. The SMILES string of the molecule is Cc1ccsc1C(C)(O)c1cnccc1N. The van der Waals surface area contributed by atoms with Crippen molar-refractivity contribution in [2.45, 2.75) is 19.4 Å². The van der Waals surface area contributed by atoms with Gasteiger partial charge in [-0.1, -0.05) is 0 Å². The molecule has 16 heavy (non-hydrogen) atoms. The van der Waals surface area contributed by atoms with Crippen molar-refractivity contribution in [2.75, 3.05) is 5.73 Å². The summed E-state index contributed by atoms with van der Waals surface area (Å²) in [6.45, 7) is 3.73. The van der Waals surface area contributed by atoms with Crippen molar-refractivity contribution in [3.8, 4) is 0 Å². The second-order valence-corrected chi connectivity index (χ2v) is 4.88. The Hall–Kier alpha value is -1.39. The summed E-state index contributed by atoms with van der Waals surface area (Å²) in [5.41, 5.74) is 7.08. The largest absolute Gasteiger partial charge is 0.398 e. The molecular formula is C12H14N2OS. The summed E-state index contributed by atoms with van der Waals surface area (Å²) in [5, 5.41) is 12.6. The Bertz CT molecular complexity index is 505. The minimum Gasteiger partial charge on any atom is -0.398 e. The Labute approximate surface area is 98.6 Å². The van der Waals surface area contributed by atoms with E-state index in [1.165, 1.54) is 11.3 Å². The second kappa shape index (κ2) is 3.88. The summed E-state index contributed by atoms with van der Waals surface area (Å²) in [5.74, 6) is 0. The van der Waals surface area contributed by atoms with Crippen LogP contribution in [0.3, 0.4) is 0 Å². The van der Waals surface area contributed by atoms with Crippen LogP contribution in [0.25, 0.3) is 0 Å². The van der Waals surface area contributed by atoms with Crippen molar-refractivity contribution >= 4 is 17.0 Å². The summed E-state index contributed by atoms with van der Waals surface area (Å²) >= 11 is 1.53. The van der Waals surface area contributed by atoms with Gasteiger partial charge >= 0.3 is 0 Å². The highest BCUT2D eigenvalue weighted by atomic mass is 32.1. The van der Waals surface area contributed by atoms with E-state index in [1.807, 2.05) is 18.4 Å². The normalized spacial score (nSPS) is 14.7. The van der Waals surface area contributed by atoms with Crippen LogP contribution < -0.4 is 5.73 Å². The fourth-order valence-corrected chi connectivity index (χ4v) is 2.81. The highest BCUT2D eigenvalue weighted by Gasteiger charge is 2.30. The first-order valence-corrected chi connectivity index (χ1v) is 5.88. The van der Waals surface area contributed by atoms with Crippen LogP contribution in [-0.4, -0.2) is 10.1 Å². The number of anilines is 1. The van der Waals surface area contributed by atoms with E-state index in [-0.39, 0.29) is 0 Å². The number of nitrogens with zero attached hydrogens (tertiary/aromatic N) is 1. The lowest BCUT2D eigenvalue weighted by Crippen LogP contribution is -2.24. The Morgan fingerprint density at radius 3 is 2.75 bits per heavy atom. The highest BCUT2D eigenvalue weighted by Crippen LogP contribution is 2.36. The van der Waals surface area contributed by atoms with Gasteiger partial charge in [-0.25, -0.2) is 0 Å². The summed E-state index contributed by atoms with van der Waals surface area (Å²) in [6, 6.07) is 3.69. The highest BCUT2D eigenvalue weighted by molar-refractivity contribution is 7.10. The van der Waals surface area contributed by atoms with Crippen molar-refractivity contribution in [1.29, 1.82) is 0 Å². The van der Waals surface area contributed by atoms with Crippen LogP contribution in [-0.2, 0) is 5.60 Å². The molecule has 1 atom stereocenters. The topological polar surface area (TPSA) is 59.1 Å². The molecule has 0 saturated heterocycles. The van der Waals surface area contributed by atoms with E-state index in [1.54, 1.807) is 25.4 Å². The molecule has 0 aliphatic rings. The molecule has 0 aromatic carbocycles. The predicted molar refractivity (Wildman–Crippen MR) is 66.4 cm³/mol. The summed E-state index contributed by atoms with van der Waals surface area (Å²) in [6.07, 6.45) is 3.24. The van der Waals surface area contributed by atoms with Crippen LogP contribution >= 0.6 is 11.3 Å². The molecule has 3 nitrogen and oxygen atoms in total. The first-order valence-electron chi connectivity index (χ1n) is 5.00. The number of aliphatic hydroxyl groups is 1. The zero-order chi connectivity index (χ0) is 11.8. The number of rotatable bonds is 2. The van der Waals surface area contributed by atoms with Gasteiger partial charge in [-0.2, -0.15) is 0 Å². The van der Waals surface area contributed by atoms with Gasteiger partial charge in [0.2, 0.25) is 0 Å². The number of nitrogen functional groups attached to an aromatic ring is 1. The smallest absolute Gasteiger partial charge is 0.125 e. The minimum atomic E-state index is -1.07. The van der Waals surface area contributed by atoms with Crippen molar-refractivity contribution in [2.24, 2.45) is 0 Å². The van der Waals surface area contributed by atoms with E-state index in [0.29, 0.717) is 11.3 Å². The molecule has 0 fully saturated rings. The van der Waals surface area contributed by atoms with Crippen LogP contribution in [0.1, 0.15) is 22.9 Å². The van der Waals surface area contributed by atoms with E-state index >= 15 is 0 Å². The quantitative estimate of drug-likeness (QED) is 0.838. The zero-order valence-corrected chi connectivity index (χ0v) is 10.1. The average molecular weight is 234 g/mol. The molecule has 0 spiro atoms. The van der Waals surface area contributed by atoms with Gasteiger partial charge in [0.25, 0.3) is 0 Å². The maximum absolute atomic E-state index is 10.6. The van der Waals surface area contributed by atoms with E-state index in [9.17, 15) is 5.11 Å². The first kappa shape index (κ1) is 11.1. The molecule has 0 bridgehead atoms. The number of nitrogens with two attached hydrogens (primary N) is 1. The Morgan fingerprint density at radius 2 is 2.19 bits per heavy atom. The number of thiophene rings is 1. The molecule has 0 aliphatic carbocycles. The minimum absolute atomic E-state index is 0.563. The van der Waals surface area contributed by atoms with Gasteiger partial charge < -0.3 is 10.8 Å². The van der Waals surface area contributed by atoms with Crippen LogP contribution in [0.5, 0.6) is 0 Å². The maximum Gasteiger partial charge on any atom is 0.125 e. The molecule has 3 N–H and O–H groups in total. The van der Waals surface area contributed by atoms with Gasteiger partial charge in [-0.15, -0.1) is 11.3 Å². The monoisotopic (exact) mass is 234 g/mol. The molecule has 0 radical (unpaired) electrons.